The lowest BCUT2D eigenvalue weighted by Gasteiger charge is -2.42. The Morgan fingerprint density at radius 3 is 2.48 bits per heavy atom. The van der Waals surface area contributed by atoms with Gasteiger partial charge in [0.1, 0.15) is 23.1 Å². The maximum atomic E-state index is 15.5. The van der Waals surface area contributed by atoms with E-state index in [1.54, 1.807) is 6.07 Å². The predicted octanol–water partition coefficient (Wildman–Crippen LogP) is 5.98. The number of hydrogen-bond acceptors (Lipinski definition) is 7. The predicted molar refractivity (Wildman–Crippen MR) is 152 cm³/mol. The van der Waals surface area contributed by atoms with E-state index in [2.05, 4.69) is 30.7 Å². The summed E-state index contributed by atoms with van der Waals surface area (Å²) < 4.78 is 41.1. The van der Waals surface area contributed by atoms with Crippen LogP contribution in [-0.2, 0) is 4.74 Å². The number of benzene rings is 1. The molecule has 1 amide bonds. The number of piperazine rings is 1. The number of alkyl halides is 1. The number of halogens is 4. The van der Waals surface area contributed by atoms with Crippen molar-refractivity contribution in [3.05, 3.63) is 21.4 Å². The number of ether oxygens (including phenoxy) is 2. The van der Waals surface area contributed by atoms with Crippen molar-refractivity contribution < 1.29 is 23.0 Å². The van der Waals surface area contributed by atoms with E-state index in [-0.39, 0.29) is 44.6 Å². The first-order chi connectivity index (χ1) is 18.9. The Kier molecular flexibility index (Phi) is 7.31. The lowest BCUT2D eigenvalue weighted by molar-refractivity contribution is 0.0123. The Morgan fingerprint density at radius 2 is 1.88 bits per heavy atom. The van der Waals surface area contributed by atoms with Gasteiger partial charge in [-0.25, -0.2) is 13.6 Å². The summed E-state index contributed by atoms with van der Waals surface area (Å²) in [7, 11) is 0. The number of rotatable bonds is 6. The van der Waals surface area contributed by atoms with Crippen molar-refractivity contribution in [2.45, 2.75) is 76.7 Å². The number of nitrogens with zero attached hydrogens (tertiary/aromatic N) is 5. The highest BCUT2D eigenvalue weighted by molar-refractivity contribution is 9.10. The fourth-order valence-electron chi connectivity index (χ4n) is 6.28. The van der Waals surface area contributed by atoms with E-state index >= 15 is 4.39 Å². The van der Waals surface area contributed by atoms with Crippen molar-refractivity contribution in [2.24, 2.45) is 5.41 Å². The Labute approximate surface area is 246 Å². The zero-order valence-corrected chi connectivity index (χ0v) is 25.4. The van der Waals surface area contributed by atoms with Gasteiger partial charge in [0.25, 0.3) is 0 Å². The van der Waals surface area contributed by atoms with Crippen LogP contribution in [0.3, 0.4) is 0 Å². The molecular formula is C28H35BrClF2N5O3. The number of carbonyl (C=O) groups excluding carboxylic acids is 1. The highest BCUT2D eigenvalue weighted by atomic mass is 79.9. The second kappa shape index (κ2) is 10.4. The van der Waals surface area contributed by atoms with E-state index in [4.69, 9.17) is 26.1 Å². The molecule has 2 bridgehead atoms. The van der Waals surface area contributed by atoms with Crippen LogP contribution in [-0.4, -0.2) is 89.0 Å². The van der Waals surface area contributed by atoms with Crippen LogP contribution >= 0.6 is 27.5 Å². The molecule has 40 heavy (non-hydrogen) atoms. The quantitative estimate of drug-likeness (QED) is 0.360. The summed E-state index contributed by atoms with van der Waals surface area (Å²) in [6.07, 6.45) is 3.20. The fourth-order valence-corrected chi connectivity index (χ4v) is 6.77. The molecule has 218 valence electrons. The molecule has 0 radical (unpaired) electrons. The van der Waals surface area contributed by atoms with Gasteiger partial charge in [0.15, 0.2) is 5.82 Å². The Hall–Kier alpha value is -1.98. The molecule has 6 rings (SSSR count). The molecule has 4 aliphatic rings. The number of likely N-dealkylation sites (tertiary alicyclic amines) is 1. The lowest BCUT2D eigenvalue weighted by atomic mass is 10.1. The van der Waals surface area contributed by atoms with Crippen molar-refractivity contribution in [1.29, 1.82) is 0 Å². The minimum Gasteiger partial charge on any atom is -0.463 e. The number of hydrogen-bond donors (Lipinski definition) is 0. The largest absolute Gasteiger partial charge is 0.463 e. The third-order valence-corrected chi connectivity index (χ3v) is 9.71. The Balaban J connectivity index is 1.26. The van der Waals surface area contributed by atoms with Crippen molar-refractivity contribution in [3.63, 3.8) is 0 Å². The zero-order chi connectivity index (χ0) is 28.4. The average Bonchev–Trinajstić information content (AvgIpc) is 3.44. The van der Waals surface area contributed by atoms with Gasteiger partial charge in [0.2, 0.25) is 0 Å². The molecule has 1 aromatic carbocycles. The van der Waals surface area contributed by atoms with Crippen molar-refractivity contribution in [2.75, 3.05) is 44.2 Å². The molecule has 0 N–H and O–H groups in total. The van der Waals surface area contributed by atoms with Crippen LogP contribution in [0.2, 0.25) is 5.02 Å². The molecule has 0 spiro atoms. The van der Waals surface area contributed by atoms with Gasteiger partial charge < -0.3 is 14.4 Å². The summed E-state index contributed by atoms with van der Waals surface area (Å²) in [5, 5.41) is 0.725. The van der Waals surface area contributed by atoms with Gasteiger partial charge in [0.05, 0.1) is 28.2 Å². The molecule has 4 heterocycles. The smallest absolute Gasteiger partial charge is 0.410 e. The van der Waals surface area contributed by atoms with E-state index < -0.39 is 17.6 Å². The van der Waals surface area contributed by atoms with Gasteiger partial charge >= 0.3 is 12.1 Å². The third-order valence-electron chi connectivity index (χ3n) is 8.41. The SMILES string of the molecule is CC(C)(C)OC(=O)N1C2CCC1CN(c1nc(OCC3(CN4CC[C@@H](F)C4)CC3)nc3c(F)c(Br)c(Cl)cc13)C2. The second-order valence-corrected chi connectivity index (χ2v) is 14.0. The maximum Gasteiger partial charge on any atom is 0.410 e. The molecule has 2 unspecified atom stereocenters. The van der Waals surface area contributed by atoms with Crippen LogP contribution < -0.4 is 9.64 Å². The Morgan fingerprint density at radius 1 is 1.18 bits per heavy atom. The molecule has 3 atom stereocenters. The standard InChI is InChI=1S/C28H35BrClF2N5O3/c1-27(2,3)40-26(38)37-17-4-5-18(37)13-36(12-17)24-19-10-20(30)21(29)22(32)23(19)33-25(34-24)39-15-28(7-8-28)14-35-9-6-16(31)11-35/h10,16-18H,4-9,11-15H2,1-3H3/t16-,17?,18?/m1/s1. The van der Waals surface area contributed by atoms with Crippen molar-refractivity contribution in [3.8, 4) is 6.01 Å². The first-order valence-electron chi connectivity index (χ1n) is 14.0. The van der Waals surface area contributed by atoms with E-state index in [1.165, 1.54) is 0 Å². The molecule has 4 fully saturated rings. The average molecular weight is 643 g/mol. The van der Waals surface area contributed by atoms with Crippen LogP contribution in [0.25, 0.3) is 10.9 Å². The molecule has 1 saturated carbocycles. The number of anilines is 1. The molecule has 3 saturated heterocycles. The topological polar surface area (TPSA) is 71.0 Å². The summed E-state index contributed by atoms with van der Waals surface area (Å²) in [5.74, 6) is -0.0303. The first-order valence-corrected chi connectivity index (χ1v) is 15.2. The highest BCUT2D eigenvalue weighted by Gasteiger charge is 2.47. The van der Waals surface area contributed by atoms with Crippen LogP contribution in [0, 0.1) is 11.2 Å². The van der Waals surface area contributed by atoms with Gasteiger partial charge in [-0.05, 0) is 74.9 Å². The summed E-state index contributed by atoms with van der Waals surface area (Å²) in [6, 6.07) is 1.68. The molecule has 2 aromatic rings. The number of amides is 1. The zero-order valence-electron chi connectivity index (χ0n) is 23.1. The number of carbonyl (C=O) groups is 1. The van der Waals surface area contributed by atoms with Crippen LogP contribution in [0.4, 0.5) is 19.4 Å². The van der Waals surface area contributed by atoms with Gasteiger partial charge in [0, 0.05) is 43.5 Å². The molecular weight excluding hydrogens is 608 g/mol. The van der Waals surface area contributed by atoms with E-state index in [0.717, 1.165) is 38.8 Å². The molecule has 1 aliphatic carbocycles. The number of aromatic nitrogens is 2. The Bertz CT molecular complexity index is 1310. The minimum absolute atomic E-state index is 0.0479. The van der Waals surface area contributed by atoms with Crippen molar-refractivity contribution in [1.82, 2.24) is 19.8 Å². The minimum atomic E-state index is -0.762. The third kappa shape index (κ3) is 5.57. The second-order valence-electron chi connectivity index (χ2n) is 12.8. The van der Waals surface area contributed by atoms with E-state index in [1.807, 2.05) is 25.7 Å². The summed E-state index contributed by atoms with van der Waals surface area (Å²) in [4.78, 5) is 28.3. The first kappa shape index (κ1) is 28.2. The monoisotopic (exact) mass is 641 g/mol. The van der Waals surface area contributed by atoms with Gasteiger partial charge in [-0.15, -0.1) is 0 Å². The summed E-state index contributed by atoms with van der Waals surface area (Å²) >= 11 is 9.61. The summed E-state index contributed by atoms with van der Waals surface area (Å²) in [6.45, 7) is 9.04. The fraction of sp³-hybridized carbons (Fsp3) is 0.679. The van der Waals surface area contributed by atoms with Crippen LogP contribution in [0.5, 0.6) is 6.01 Å². The van der Waals surface area contributed by atoms with Gasteiger partial charge in [-0.1, -0.05) is 11.6 Å². The highest BCUT2D eigenvalue weighted by Crippen LogP contribution is 2.47. The van der Waals surface area contributed by atoms with E-state index in [0.29, 0.717) is 43.9 Å². The van der Waals surface area contributed by atoms with Crippen LogP contribution in [0.15, 0.2) is 10.5 Å². The maximum absolute atomic E-state index is 15.5. The molecule has 1 aromatic heterocycles. The van der Waals surface area contributed by atoms with E-state index in [9.17, 15) is 9.18 Å². The van der Waals surface area contributed by atoms with Crippen molar-refractivity contribution >= 4 is 50.3 Å². The molecule has 3 aliphatic heterocycles. The summed E-state index contributed by atoms with van der Waals surface area (Å²) in [5.41, 5.74) is -0.506. The number of fused-ring (bicyclic) bond motifs is 3. The lowest BCUT2D eigenvalue weighted by Crippen LogP contribution is -2.57. The molecule has 8 nitrogen and oxygen atoms in total. The molecule has 12 heteroatoms. The van der Waals surface area contributed by atoms with Gasteiger partial charge in [-0.3, -0.25) is 9.80 Å². The normalized spacial score (nSPS) is 26.0. The van der Waals surface area contributed by atoms with Gasteiger partial charge in [-0.2, -0.15) is 9.97 Å². The van der Waals surface area contributed by atoms with Crippen LogP contribution in [0.1, 0.15) is 52.9 Å².